The Labute approximate surface area is 155 Å². The van der Waals surface area contributed by atoms with Crippen molar-refractivity contribution in [2.75, 3.05) is 11.4 Å². The SMILES string of the molecule is CC(C)(C)OC(=O)N1Cc2ccc(N3CCc4ccccc4C3)cc2C1. The molecule has 4 nitrogen and oxygen atoms in total. The van der Waals surface area contributed by atoms with E-state index in [4.69, 9.17) is 4.74 Å². The van der Waals surface area contributed by atoms with Crippen molar-refractivity contribution < 1.29 is 9.53 Å². The number of fused-ring (bicyclic) bond motifs is 2. The van der Waals surface area contributed by atoms with Crippen LogP contribution in [0.15, 0.2) is 42.5 Å². The molecule has 0 saturated heterocycles. The molecule has 4 heteroatoms. The van der Waals surface area contributed by atoms with Crippen LogP contribution in [0, 0.1) is 0 Å². The van der Waals surface area contributed by atoms with Crippen LogP contribution in [0.4, 0.5) is 10.5 Å². The Morgan fingerprint density at radius 1 is 0.923 bits per heavy atom. The molecule has 0 N–H and O–H groups in total. The first-order valence-corrected chi connectivity index (χ1v) is 9.30. The Hall–Kier alpha value is -2.49. The van der Waals surface area contributed by atoms with E-state index >= 15 is 0 Å². The van der Waals surface area contributed by atoms with E-state index in [9.17, 15) is 4.79 Å². The Kier molecular flexibility index (Phi) is 4.14. The highest BCUT2D eigenvalue weighted by Gasteiger charge is 2.28. The summed E-state index contributed by atoms with van der Waals surface area (Å²) in [6.07, 6.45) is 0.847. The minimum absolute atomic E-state index is 0.234. The number of rotatable bonds is 1. The minimum atomic E-state index is -0.460. The van der Waals surface area contributed by atoms with E-state index in [1.165, 1.54) is 27.9 Å². The van der Waals surface area contributed by atoms with E-state index in [0.29, 0.717) is 13.1 Å². The van der Waals surface area contributed by atoms with Gasteiger partial charge < -0.3 is 9.64 Å². The Morgan fingerprint density at radius 3 is 2.38 bits per heavy atom. The number of hydrogen-bond donors (Lipinski definition) is 0. The number of carbonyl (C=O) groups is 1. The highest BCUT2D eigenvalue weighted by atomic mass is 16.6. The standard InChI is InChI=1S/C22H26N2O2/c1-22(2,3)26-21(25)24-14-18-8-9-20(12-19(18)15-24)23-11-10-16-6-4-5-7-17(16)13-23/h4-9,12H,10-11,13-15H2,1-3H3. The van der Waals surface area contributed by atoms with Crippen molar-refractivity contribution >= 4 is 11.8 Å². The molecular formula is C22H26N2O2. The number of hydrogen-bond acceptors (Lipinski definition) is 3. The third kappa shape index (κ3) is 3.41. The smallest absolute Gasteiger partial charge is 0.410 e. The quantitative estimate of drug-likeness (QED) is 0.759. The second-order valence-corrected chi connectivity index (χ2v) is 8.23. The molecule has 0 aliphatic carbocycles. The molecule has 0 fully saturated rings. The predicted octanol–water partition coefficient (Wildman–Crippen LogP) is 4.50. The van der Waals surface area contributed by atoms with Crippen molar-refractivity contribution in [2.45, 2.75) is 52.4 Å². The van der Waals surface area contributed by atoms with Crippen LogP contribution in [0.2, 0.25) is 0 Å². The molecule has 0 saturated carbocycles. The van der Waals surface area contributed by atoms with Crippen molar-refractivity contribution in [1.82, 2.24) is 4.90 Å². The average molecular weight is 350 g/mol. The van der Waals surface area contributed by atoms with Crippen LogP contribution in [0.1, 0.15) is 43.0 Å². The first-order chi connectivity index (χ1) is 12.4. The van der Waals surface area contributed by atoms with Gasteiger partial charge in [0.1, 0.15) is 5.60 Å². The number of ether oxygens (including phenoxy) is 1. The highest BCUT2D eigenvalue weighted by Crippen LogP contribution is 2.31. The van der Waals surface area contributed by atoms with Gasteiger partial charge in [-0.2, -0.15) is 0 Å². The zero-order valence-corrected chi connectivity index (χ0v) is 15.8. The van der Waals surface area contributed by atoms with Gasteiger partial charge in [0, 0.05) is 31.9 Å². The molecule has 2 aromatic carbocycles. The molecule has 4 rings (SSSR count). The van der Waals surface area contributed by atoms with Crippen molar-refractivity contribution in [3.05, 3.63) is 64.7 Å². The molecule has 0 spiro atoms. The number of nitrogens with zero attached hydrogens (tertiary/aromatic N) is 2. The zero-order valence-electron chi connectivity index (χ0n) is 15.8. The van der Waals surface area contributed by atoms with Gasteiger partial charge in [-0.05, 0) is 61.6 Å². The van der Waals surface area contributed by atoms with Crippen molar-refractivity contribution in [3.8, 4) is 0 Å². The lowest BCUT2D eigenvalue weighted by Gasteiger charge is -2.31. The average Bonchev–Trinajstić information content (AvgIpc) is 3.03. The van der Waals surface area contributed by atoms with E-state index in [1.54, 1.807) is 4.90 Å². The van der Waals surface area contributed by atoms with Gasteiger partial charge in [0.15, 0.2) is 0 Å². The Morgan fingerprint density at radius 2 is 1.62 bits per heavy atom. The maximum atomic E-state index is 12.3. The number of benzene rings is 2. The summed E-state index contributed by atoms with van der Waals surface area (Å²) in [7, 11) is 0. The number of carbonyl (C=O) groups excluding carboxylic acids is 1. The second-order valence-electron chi connectivity index (χ2n) is 8.23. The van der Waals surface area contributed by atoms with Gasteiger partial charge in [0.2, 0.25) is 0 Å². The summed E-state index contributed by atoms with van der Waals surface area (Å²) in [6, 6.07) is 15.3. The van der Waals surface area contributed by atoms with Gasteiger partial charge in [0.05, 0.1) is 0 Å². The van der Waals surface area contributed by atoms with E-state index in [-0.39, 0.29) is 6.09 Å². The van der Waals surface area contributed by atoms with Crippen molar-refractivity contribution in [1.29, 1.82) is 0 Å². The lowest BCUT2D eigenvalue weighted by molar-refractivity contribution is 0.0242. The maximum absolute atomic E-state index is 12.3. The minimum Gasteiger partial charge on any atom is -0.444 e. The lowest BCUT2D eigenvalue weighted by Crippen LogP contribution is -2.33. The highest BCUT2D eigenvalue weighted by molar-refractivity contribution is 5.70. The van der Waals surface area contributed by atoms with Gasteiger partial charge in [-0.1, -0.05) is 30.3 Å². The van der Waals surface area contributed by atoms with Crippen LogP contribution >= 0.6 is 0 Å². The van der Waals surface area contributed by atoms with Crippen LogP contribution in [-0.2, 0) is 30.8 Å². The van der Waals surface area contributed by atoms with Crippen LogP contribution in [-0.4, -0.2) is 23.1 Å². The summed E-state index contributed by atoms with van der Waals surface area (Å²) < 4.78 is 5.52. The zero-order chi connectivity index (χ0) is 18.3. The summed E-state index contributed by atoms with van der Waals surface area (Å²) in [6.45, 7) is 8.95. The molecule has 0 aromatic heterocycles. The predicted molar refractivity (Wildman–Crippen MR) is 103 cm³/mol. The maximum Gasteiger partial charge on any atom is 0.410 e. The third-order valence-electron chi connectivity index (χ3n) is 5.06. The Bertz CT molecular complexity index is 838. The number of anilines is 1. The van der Waals surface area contributed by atoms with Gasteiger partial charge in [-0.15, -0.1) is 0 Å². The molecule has 2 aliphatic heterocycles. The summed E-state index contributed by atoms with van der Waals surface area (Å²) in [5.74, 6) is 0. The summed E-state index contributed by atoms with van der Waals surface area (Å²) in [5, 5.41) is 0. The van der Waals surface area contributed by atoms with Crippen LogP contribution in [0.5, 0.6) is 0 Å². The number of amides is 1. The first kappa shape index (κ1) is 17.0. The molecule has 1 amide bonds. The first-order valence-electron chi connectivity index (χ1n) is 9.30. The van der Waals surface area contributed by atoms with Crippen LogP contribution in [0.25, 0.3) is 0 Å². The Balaban J connectivity index is 1.49. The van der Waals surface area contributed by atoms with E-state index in [1.807, 2.05) is 20.8 Å². The molecule has 2 aliphatic rings. The summed E-state index contributed by atoms with van der Waals surface area (Å²) in [4.78, 5) is 16.6. The topological polar surface area (TPSA) is 32.8 Å². The molecule has 2 heterocycles. The molecule has 0 bridgehead atoms. The van der Waals surface area contributed by atoms with Gasteiger partial charge >= 0.3 is 6.09 Å². The monoisotopic (exact) mass is 350 g/mol. The fraction of sp³-hybridized carbons (Fsp3) is 0.409. The fourth-order valence-electron chi connectivity index (χ4n) is 3.75. The molecule has 0 unspecified atom stereocenters. The molecule has 0 atom stereocenters. The van der Waals surface area contributed by atoms with E-state index in [0.717, 1.165) is 19.5 Å². The van der Waals surface area contributed by atoms with Crippen LogP contribution in [0.3, 0.4) is 0 Å². The van der Waals surface area contributed by atoms with Crippen LogP contribution < -0.4 is 4.90 Å². The molecular weight excluding hydrogens is 324 g/mol. The largest absolute Gasteiger partial charge is 0.444 e. The molecule has 136 valence electrons. The molecule has 26 heavy (non-hydrogen) atoms. The second kappa shape index (κ2) is 6.35. The molecule has 2 aromatic rings. The molecule has 0 radical (unpaired) electrons. The van der Waals surface area contributed by atoms with Gasteiger partial charge in [0.25, 0.3) is 0 Å². The summed E-state index contributed by atoms with van der Waals surface area (Å²) in [5.41, 5.74) is 6.10. The normalized spacial score (nSPS) is 16.3. The fourth-order valence-corrected chi connectivity index (χ4v) is 3.75. The van der Waals surface area contributed by atoms with E-state index in [2.05, 4.69) is 47.4 Å². The summed E-state index contributed by atoms with van der Waals surface area (Å²) >= 11 is 0. The van der Waals surface area contributed by atoms with Gasteiger partial charge in [-0.3, -0.25) is 4.90 Å². The van der Waals surface area contributed by atoms with Crippen molar-refractivity contribution in [2.24, 2.45) is 0 Å². The lowest BCUT2D eigenvalue weighted by atomic mass is 9.99. The van der Waals surface area contributed by atoms with Gasteiger partial charge in [-0.25, -0.2) is 4.79 Å². The third-order valence-corrected chi connectivity index (χ3v) is 5.06. The van der Waals surface area contributed by atoms with E-state index < -0.39 is 5.60 Å². The van der Waals surface area contributed by atoms with Crippen molar-refractivity contribution in [3.63, 3.8) is 0 Å².